The number of rotatable bonds is 12. The Morgan fingerprint density at radius 3 is 2.40 bits per heavy atom. The summed E-state index contributed by atoms with van der Waals surface area (Å²) in [5, 5.41) is 10.7. The molecular formula is C30H37BrCl2N6O4. The number of amides is 2. The van der Waals surface area contributed by atoms with Crippen LogP contribution in [0.4, 0.5) is 0 Å². The summed E-state index contributed by atoms with van der Waals surface area (Å²) in [6.45, 7) is 1.04. The lowest BCUT2D eigenvalue weighted by Crippen LogP contribution is -2.55. The lowest BCUT2D eigenvalue weighted by atomic mass is 10.0. The van der Waals surface area contributed by atoms with Gasteiger partial charge in [-0.1, -0.05) is 58.4 Å². The molecule has 1 heterocycles. The van der Waals surface area contributed by atoms with Crippen LogP contribution >= 0.6 is 40.7 Å². The second-order valence-corrected chi connectivity index (χ2v) is 10.9. The first-order valence-electron chi connectivity index (χ1n) is 13.6. The van der Waals surface area contributed by atoms with Crippen LogP contribution in [0.2, 0.25) is 0 Å². The average Bonchev–Trinajstić information content (AvgIpc) is 3.50. The van der Waals surface area contributed by atoms with Crippen LogP contribution in [0.1, 0.15) is 31.2 Å². The molecular weight excluding hydrogens is 659 g/mol. The minimum absolute atomic E-state index is 0. The Balaban J connectivity index is 0.00000323. The number of benzene rings is 3. The number of esters is 1. The highest BCUT2D eigenvalue weighted by Gasteiger charge is 2.30. The summed E-state index contributed by atoms with van der Waals surface area (Å²) in [5.74, 6) is -1.04. The van der Waals surface area contributed by atoms with E-state index in [9.17, 15) is 14.4 Å². The van der Waals surface area contributed by atoms with Gasteiger partial charge in [-0.15, -0.1) is 24.8 Å². The highest BCUT2D eigenvalue weighted by molar-refractivity contribution is 9.10. The monoisotopic (exact) mass is 694 g/mol. The van der Waals surface area contributed by atoms with Gasteiger partial charge in [0.05, 0.1) is 6.04 Å². The molecule has 10 nitrogen and oxygen atoms in total. The second kappa shape index (κ2) is 17.7. The van der Waals surface area contributed by atoms with Crippen molar-refractivity contribution in [2.24, 2.45) is 16.5 Å². The van der Waals surface area contributed by atoms with Crippen molar-refractivity contribution >= 4 is 75.3 Å². The van der Waals surface area contributed by atoms with Gasteiger partial charge in [0.15, 0.2) is 5.96 Å². The highest BCUT2D eigenvalue weighted by Crippen LogP contribution is 2.24. The summed E-state index contributed by atoms with van der Waals surface area (Å²) in [4.78, 5) is 43.8. The summed E-state index contributed by atoms with van der Waals surface area (Å²) in [5.41, 5.74) is 11.7. The first-order chi connectivity index (χ1) is 19.8. The van der Waals surface area contributed by atoms with Crippen molar-refractivity contribution in [1.29, 1.82) is 0 Å². The van der Waals surface area contributed by atoms with Crippen molar-refractivity contribution in [3.05, 3.63) is 76.8 Å². The molecule has 3 atom stereocenters. The third-order valence-corrected chi connectivity index (χ3v) is 7.32. The Hall–Kier alpha value is -3.38. The van der Waals surface area contributed by atoms with Gasteiger partial charge in [-0.2, -0.15) is 0 Å². The molecule has 0 saturated carbocycles. The lowest BCUT2D eigenvalue weighted by molar-refractivity contribution is -0.140. The van der Waals surface area contributed by atoms with Gasteiger partial charge in [0.2, 0.25) is 11.8 Å². The van der Waals surface area contributed by atoms with Gasteiger partial charge in [-0.3, -0.25) is 14.6 Å². The van der Waals surface area contributed by atoms with E-state index < -0.39 is 24.0 Å². The minimum atomic E-state index is -0.989. The Morgan fingerprint density at radius 2 is 1.70 bits per heavy atom. The number of hydrogen-bond donors (Lipinski definition) is 5. The quantitative estimate of drug-likeness (QED) is 0.0638. The van der Waals surface area contributed by atoms with Crippen LogP contribution < -0.4 is 32.2 Å². The summed E-state index contributed by atoms with van der Waals surface area (Å²) < 4.78 is 6.65. The maximum Gasteiger partial charge on any atom is 0.334 e. The van der Waals surface area contributed by atoms with Crippen LogP contribution in [0.15, 0.2) is 76.2 Å². The SMILES string of the molecule is Cl.Cl.NC(N)=NCCC[C@H](NC(=O)[C@H](Cc1ccccc1)NC(=O)[C@@H]1CCCN1)C(=O)Oc1ccc2cc(Br)ccc2c1. The third-order valence-electron chi connectivity index (χ3n) is 6.83. The van der Waals surface area contributed by atoms with Crippen molar-refractivity contribution in [2.45, 2.75) is 50.2 Å². The van der Waals surface area contributed by atoms with Gasteiger partial charge >= 0.3 is 5.97 Å². The molecule has 1 fully saturated rings. The van der Waals surface area contributed by atoms with E-state index in [2.05, 4.69) is 36.9 Å². The number of halogens is 3. The Bertz CT molecular complexity index is 1400. The van der Waals surface area contributed by atoms with Crippen LogP contribution in [0.25, 0.3) is 10.8 Å². The lowest BCUT2D eigenvalue weighted by Gasteiger charge is -2.24. The number of fused-ring (bicyclic) bond motifs is 1. The van der Waals surface area contributed by atoms with Gasteiger partial charge < -0.3 is 32.2 Å². The standard InChI is InChI=1S/C30H35BrN6O4.2ClH/c31-22-12-10-21-18-23(13-11-20(21)17-22)41-29(40)25(9-5-15-35-30(32)33)36-28(39)26(16-19-6-2-1-3-7-19)37-27(38)24-8-4-14-34-24;;/h1-3,6-7,10-13,17-18,24-26,34H,4-5,8-9,14-16H2,(H,36,39)(H,37,38)(H4,32,33,35);2*1H/t24-,25-,26-;;/m0../s1. The number of hydrogen-bond acceptors (Lipinski definition) is 6. The van der Waals surface area contributed by atoms with Crippen molar-refractivity contribution in [3.63, 3.8) is 0 Å². The zero-order valence-electron chi connectivity index (χ0n) is 23.5. The van der Waals surface area contributed by atoms with Gasteiger partial charge in [0.1, 0.15) is 17.8 Å². The molecule has 1 aliphatic rings. The molecule has 0 bridgehead atoms. The largest absolute Gasteiger partial charge is 0.425 e. The number of ether oxygens (including phenoxy) is 1. The molecule has 0 unspecified atom stereocenters. The van der Waals surface area contributed by atoms with E-state index in [1.165, 1.54) is 0 Å². The van der Waals surface area contributed by atoms with Crippen molar-refractivity contribution in [3.8, 4) is 5.75 Å². The number of carbonyl (C=O) groups is 3. The van der Waals surface area contributed by atoms with Gasteiger partial charge in [0.25, 0.3) is 0 Å². The zero-order chi connectivity index (χ0) is 29.2. The van der Waals surface area contributed by atoms with E-state index in [0.717, 1.165) is 33.8 Å². The molecule has 0 radical (unpaired) electrons. The molecule has 43 heavy (non-hydrogen) atoms. The summed E-state index contributed by atoms with van der Waals surface area (Å²) in [6, 6.07) is 18.3. The van der Waals surface area contributed by atoms with Crippen molar-refractivity contribution in [2.75, 3.05) is 13.1 Å². The van der Waals surface area contributed by atoms with E-state index in [1.807, 2.05) is 54.6 Å². The molecule has 7 N–H and O–H groups in total. The molecule has 4 rings (SSSR count). The number of nitrogens with zero attached hydrogens (tertiary/aromatic N) is 1. The molecule has 0 aromatic heterocycles. The van der Waals surface area contributed by atoms with Gasteiger partial charge in [-0.05, 0) is 72.8 Å². The number of carbonyl (C=O) groups excluding carboxylic acids is 3. The fourth-order valence-corrected chi connectivity index (χ4v) is 5.09. The normalized spacial score (nSPS) is 15.2. The molecule has 232 valence electrons. The molecule has 3 aromatic carbocycles. The van der Waals surface area contributed by atoms with Gasteiger partial charge in [-0.25, -0.2) is 4.79 Å². The molecule has 2 amide bonds. The van der Waals surface area contributed by atoms with Crippen molar-refractivity contribution in [1.82, 2.24) is 16.0 Å². The van der Waals surface area contributed by atoms with E-state index in [1.54, 1.807) is 12.1 Å². The summed E-state index contributed by atoms with van der Waals surface area (Å²) >= 11 is 3.46. The zero-order valence-corrected chi connectivity index (χ0v) is 26.7. The number of guanidine groups is 1. The first kappa shape index (κ1) is 35.8. The van der Waals surface area contributed by atoms with E-state index in [-0.39, 0.29) is 62.1 Å². The Kier molecular flexibility index (Phi) is 14.7. The molecule has 1 aliphatic heterocycles. The molecule has 1 saturated heterocycles. The van der Waals surface area contributed by atoms with Crippen LogP contribution in [-0.2, 0) is 20.8 Å². The smallest absolute Gasteiger partial charge is 0.334 e. The van der Waals surface area contributed by atoms with E-state index in [4.69, 9.17) is 16.2 Å². The topological polar surface area (TPSA) is 161 Å². The number of aliphatic imine (C=N–C) groups is 1. The van der Waals surface area contributed by atoms with Crippen molar-refractivity contribution < 1.29 is 19.1 Å². The third kappa shape index (κ3) is 11.0. The molecule has 0 aliphatic carbocycles. The van der Waals surface area contributed by atoms with Crippen LogP contribution in [-0.4, -0.2) is 55.0 Å². The van der Waals surface area contributed by atoms with Crippen LogP contribution in [0.3, 0.4) is 0 Å². The number of nitrogens with one attached hydrogen (secondary N) is 3. The van der Waals surface area contributed by atoms with E-state index in [0.29, 0.717) is 18.6 Å². The van der Waals surface area contributed by atoms with Crippen LogP contribution in [0.5, 0.6) is 5.75 Å². The molecule has 3 aromatic rings. The van der Waals surface area contributed by atoms with Gasteiger partial charge in [0, 0.05) is 17.4 Å². The maximum atomic E-state index is 13.6. The Labute approximate surface area is 271 Å². The fraction of sp³-hybridized carbons (Fsp3) is 0.333. The molecule has 0 spiro atoms. The molecule has 13 heteroatoms. The predicted molar refractivity (Wildman–Crippen MR) is 177 cm³/mol. The second-order valence-electron chi connectivity index (χ2n) is 9.98. The average molecular weight is 696 g/mol. The fourth-order valence-electron chi connectivity index (χ4n) is 4.71. The summed E-state index contributed by atoms with van der Waals surface area (Å²) in [7, 11) is 0. The maximum absolute atomic E-state index is 13.6. The highest BCUT2D eigenvalue weighted by atomic mass is 79.9. The Morgan fingerprint density at radius 1 is 0.977 bits per heavy atom. The van der Waals surface area contributed by atoms with Crippen LogP contribution in [0, 0.1) is 0 Å². The number of nitrogens with two attached hydrogens (primary N) is 2. The summed E-state index contributed by atoms with van der Waals surface area (Å²) in [6.07, 6.45) is 2.52. The minimum Gasteiger partial charge on any atom is -0.425 e. The first-order valence-corrected chi connectivity index (χ1v) is 14.4. The van der Waals surface area contributed by atoms with E-state index >= 15 is 0 Å². The predicted octanol–water partition coefficient (Wildman–Crippen LogP) is 3.37.